The summed E-state index contributed by atoms with van der Waals surface area (Å²) in [5.41, 5.74) is 8.04. The standard InChI is InChI=1S/C20H17N3O3/c1-25-20(24)19-18(22)15(11-21)12-23(19)16-9-7-14(8-10-16)13-26-17-5-3-2-4-6-17/h2-10,12H,13,22H2,1H3. The fourth-order valence-electron chi connectivity index (χ4n) is 2.55. The van der Waals surface area contributed by atoms with Gasteiger partial charge < -0.3 is 19.8 Å². The van der Waals surface area contributed by atoms with Crippen LogP contribution >= 0.6 is 0 Å². The number of anilines is 1. The van der Waals surface area contributed by atoms with Crippen molar-refractivity contribution in [1.29, 1.82) is 5.26 Å². The first-order valence-corrected chi connectivity index (χ1v) is 7.90. The number of ether oxygens (including phenoxy) is 2. The van der Waals surface area contributed by atoms with Crippen LogP contribution in [-0.4, -0.2) is 17.6 Å². The van der Waals surface area contributed by atoms with Crippen molar-refractivity contribution in [2.75, 3.05) is 12.8 Å². The van der Waals surface area contributed by atoms with E-state index in [0.717, 1.165) is 11.3 Å². The summed E-state index contributed by atoms with van der Waals surface area (Å²) < 4.78 is 12.0. The molecule has 1 heterocycles. The molecule has 6 heteroatoms. The predicted octanol–water partition coefficient (Wildman–Crippen LogP) is 3.30. The lowest BCUT2D eigenvalue weighted by Gasteiger charge is -2.10. The summed E-state index contributed by atoms with van der Waals surface area (Å²) in [6.45, 7) is 0.422. The molecular formula is C20H17N3O3. The van der Waals surface area contributed by atoms with Gasteiger partial charge >= 0.3 is 5.97 Å². The highest BCUT2D eigenvalue weighted by Gasteiger charge is 2.21. The van der Waals surface area contributed by atoms with Gasteiger partial charge in [-0.1, -0.05) is 30.3 Å². The van der Waals surface area contributed by atoms with E-state index in [1.807, 2.05) is 60.7 Å². The monoisotopic (exact) mass is 347 g/mol. The summed E-state index contributed by atoms with van der Waals surface area (Å²) in [5, 5.41) is 9.17. The summed E-state index contributed by atoms with van der Waals surface area (Å²) in [7, 11) is 1.27. The molecule has 2 aromatic carbocycles. The smallest absolute Gasteiger partial charge is 0.357 e. The number of carbonyl (C=O) groups is 1. The SMILES string of the molecule is COC(=O)c1c(N)c(C#N)cn1-c1ccc(COc2ccccc2)cc1. The highest BCUT2D eigenvalue weighted by atomic mass is 16.5. The number of esters is 1. The molecule has 0 spiro atoms. The minimum atomic E-state index is -0.597. The van der Waals surface area contributed by atoms with E-state index in [1.54, 1.807) is 4.57 Å². The minimum Gasteiger partial charge on any atom is -0.489 e. The topological polar surface area (TPSA) is 90.3 Å². The van der Waals surface area contributed by atoms with Gasteiger partial charge in [0.1, 0.15) is 18.4 Å². The summed E-state index contributed by atoms with van der Waals surface area (Å²) in [5.74, 6) is 0.196. The van der Waals surface area contributed by atoms with Crippen molar-refractivity contribution in [3.05, 3.63) is 77.6 Å². The average Bonchev–Trinajstić information content (AvgIpc) is 3.03. The first-order valence-electron chi connectivity index (χ1n) is 7.90. The van der Waals surface area contributed by atoms with Gasteiger partial charge in [-0.25, -0.2) is 4.79 Å². The molecule has 130 valence electrons. The Bertz CT molecular complexity index is 954. The largest absolute Gasteiger partial charge is 0.489 e. The van der Waals surface area contributed by atoms with Crippen LogP contribution in [0, 0.1) is 11.3 Å². The molecule has 3 rings (SSSR count). The molecule has 0 bridgehead atoms. The number of methoxy groups -OCH3 is 1. The number of nitriles is 1. The third-order valence-corrected chi connectivity index (χ3v) is 3.91. The predicted molar refractivity (Wildman–Crippen MR) is 97.0 cm³/mol. The number of aromatic nitrogens is 1. The highest BCUT2D eigenvalue weighted by Crippen LogP contribution is 2.25. The fourth-order valence-corrected chi connectivity index (χ4v) is 2.55. The van der Waals surface area contributed by atoms with E-state index in [-0.39, 0.29) is 16.9 Å². The number of hydrogen-bond acceptors (Lipinski definition) is 5. The Kier molecular flexibility index (Phi) is 4.90. The van der Waals surface area contributed by atoms with Gasteiger partial charge in [0.2, 0.25) is 0 Å². The van der Waals surface area contributed by atoms with E-state index in [9.17, 15) is 4.79 Å². The first kappa shape index (κ1) is 17.1. The Hall–Kier alpha value is -3.72. The summed E-state index contributed by atoms with van der Waals surface area (Å²) in [6.07, 6.45) is 1.52. The maximum atomic E-state index is 12.0. The van der Waals surface area contributed by atoms with Gasteiger partial charge in [0.25, 0.3) is 0 Å². The molecule has 0 aliphatic rings. The van der Waals surface area contributed by atoms with E-state index < -0.39 is 5.97 Å². The van der Waals surface area contributed by atoms with Crippen LogP contribution in [0.3, 0.4) is 0 Å². The Morgan fingerprint density at radius 1 is 1.15 bits per heavy atom. The van der Waals surface area contributed by atoms with Crippen LogP contribution in [-0.2, 0) is 11.3 Å². The third kappa shape index (κ3) is 3.37. The lowest BCUT2D eigenvalue weighted by atomic mass is 10.2. The second-order valence-electron chi connectivity index (χ2n) is 5.55. The molecule has 0 aliphatic heterocycles. The lowest BCUT2D eigenvalue weighted by molar-refractivity contribution is 0.0593. The van der Waals surface area contributed by atoms with Crippen LogP contribution in [0.25, 0.3) is 5.69 Å². The molecule has 1 aromatic heterocycles. The average molecular weight is 347 g/mol. The lowest BCUT2D eigenvalue weighted by Crippen LogP contribution is -2.11. The molecular weight excluding hydrogens is 330 g/mol. The van der Waals surface area contributed by atoms with E-state index >= 15 is 0 Å². The Balaban J connectivity index is 1.85. The van der Waals surface area contributed by atoms with Crippen LogP contribution < -0.4 is 10.5 Å². The second-order valence-corrected chi connectivity index (χ2v) is 5.55. The number of nitrogens with two attached hydrogens (primary N) is 1. The maximum absolute atomic E-state index is 12.0. The van der Waals surface area contributed by atoms with Crippen molar-refractivity contribution in [3.63, 3.8) is 0 Å². The van der Waals surface area contributed by atoms with Crippen molar-refractivity contribution < 1.29 is 14.3 Å². The molecule has 0 amide bonds. The maximum Gasteiger partial charge on any atom is 0.357 e. The molecule has 0 saturated carbocycles. The number of benzene rings is 2. The number of nitrogens with zero attached hydrogens (tertiary/aromatic N) is 2. The van der Waals surface area contributed by atoms with Gasteiger partial charge in [-0.3, -0.25) is 0 Å². The van der Waals surface area contributed by atoms with E-state index in [1.165, 1.54) is 13.3 Å². The van der Waals surface area contributed by atoms with Gasteiger partial charge in [0.15, 0.2) is 5.69 Å². The van der Waals surface area contributed by atoms with Crippen LogP contribution in [0.2, 0.25) is 0 Å². The Morgan fingerprint density at radius 3 is 2.46 bits per heavy atom. The minimum absolute atomic E-state index is 0.107. The molecule has 6 nitrogen and oxygen atoms in total. The highest BCUT2D eigenvalue weighted by molar-refractivity contribution is 5.95. The zero-order valence-electron chi connectivity index (χ0n) is 14.2. The van der Waals surface area contributed by atoms with Crippen molar-refractivity contribution in [2.24, 2.45) is 0 Å². The third-order valence-electron chi connectivity index (χ3n) is 3.91. The van der Waals surface area contributed by atoms with Gasteiger partial charge in [0, 0.05) is 11.9 Å². The van der Waals surface area contributed by atoms with Crippen molar-refractivity contribution in [2.45, 2.75) is 6.61 Å². The molecule has 26 heavy (non-hydrogen) atoms. The molecule has 2 N–H and O–H groups in total. The van der Waals surface area contributed by atoms with E-state index in [2.05, 4.69) is 0 Å². The van der Waals surface area contributed by atoms with Crippen LogP contribution in [0.4, 0.5) is 5.69 Å². The number of rotatable bonds is 5. The van der Waals surface area contributed by atoms with Crippen LogP contribution in [0.1, 0.15) is 21.6 Å². The van der Waals surface area contributed by atoms with E-state index in [4.69, 9.17) is 20.5 Å². The zero-order chi connectivity index (χ0) is 18.5. The number of carbonyl (C=O) groups excluding carboxylic acids is 1. The van der Waals surface area contributed by atoms with Crippen molar-refractivity contribution in [3.8, 4) is 17.5 Å². The zero-order valence-corrected chi connectivity index (χ0v) is 14.2. The van der Waals surface area contributed by atoms with Gasteiger partial charge in [-0.15, -0.1) is 0 Å². The number of nitrogen functional groups attached to an aromatic ring is 1. The van der Waals surface area contributed by atoms with Gasteiger partial charge in [0.05, 0.1) is 18.4 Å². The molecule has 3 aromatic rings. The van der Waals surface area contributed by atoms with Crippen LogP contribution in [0.15, 0.2) is 60.8 Å². The van der Waals surface area contributed by atoms with Crippen molar-refractivity contribution in [1.82, 2.24) is 4.57 Å². The van der Waals surface area contributed by atoms with Crippen LogP contribution in [0.5, 0.6) is 5.75 Å². The molecule has 0 aliphatic carbocycles. The summed E-state index contributed by atoms with van der Waals surface area (Å²) in [6, 6.07) is 19.0. The molecule has 0 saturated heterocycles. The normalized spacial score (nSPS) is 10.2. The summed E-state index contributed by atoms with van der Waals surface area (Å²) in [4.78, 5) is 12.0. The Morgan fingerprint density at radius 2 is 1.85 bits per heavy atom. The fraction of sp³-hybridized carbons (Fsp3) is 0.100. The van der Waals surface area contributed by atoms with Gasteiger partial charge in [-0.05, 0) is 29.8 Å². The quantitative estimate of drug-likeness (QED) is 0.715. The Labute approximate surface area is 151 Å². The van der Waals surface area contributed by atoms with E-state index in [0.29, 0.717) is 12.3 Å². The molecule has 0 atom stereocenters. The van der Waals surface area contributed by atoms with Crippen molar-refractivity contribution >= 4 is 11.7 Å². The number of hydrogen-bond donors (Lipinski definition) is 1. The van der Waals surface area contributed by atoms with Gasteiger partial charge in [-0.2, -0.15) is 5.26 Å². The second kappa shape index (κ2) is 7.45. The molecule has 0 unspecified atom stereocenters. The molecule has 0 fully saturated rings. The summed E-state index contributed by atoms with van der Waals surface area (Å²) >= 11 is 0. The number of para-hydroxylation sites is 1. The molecule has 0 radical (unpaired) electrons. The first-order chi connectivity index (χ1) is 12.6.